The predicted molar refractivity (Wildman–Crippen MR) is 115 cm³/mol. The summed E-state index contributed by atoms with van der Waals surface area (Å²) in [6, 6.07) is 9.96. The molecule has 0 atom stereocenters. The Balaban J connectivity index is 1.46. The molecule has 0 radical (unpaired) electrons. The summed E-state index contributed by atoms with van der Waals surface area (Å²) in [6.07, 6.45) is 3.69. The molecule has 4 rings (SSSR count). The van der Waals surface area contributed by atoms with Gasteiger partial charge in [0.2, 0.25) is 0 Å². The Labute approximate surface area is 174 Å². The van der Waals surface area contributed by atoms with Gasteiger partial charge in [0, 0.05) is 13.1 Å². The van der Waals surface area contributed by atoms with E-state index in [1.807, 2.05) is 44.2 Å². The van der Waals surface area contributed by atoms with E-state index in [0.717, 1.165) is 59.9 Å². The first-order chi connectivity index (χ1) is 14.2. The molecule has 1 saturated heterocycles. The van der Waals surface area contributed by atoms with Crippen LogP contribution in [0.15, 0.2) is 36.7 Å². The molecule has 152 valence electrons. The Morgan fingerprint density at radius 3 is 2.69 bits per heavy atom. The van der Waals surface area contributed by atoms with Gasteiger partial charge in [-0.15, -0.1) is 11.3 Å². The Kier molecular flexibility index (Phi) is 5.94. The first-order valence-corrected chi connectivity index (χ1v) is 10.8. The van der Waals surface area contributed by atoms with Crippen LogP contribution in [0.2, 0.25) is 0 Å². The van der Waals surface area contributed by atoms with E-state index in [1.165, 1.54) is 11.3 Å². The molecule has 0 bridgehead atoms. The normalized spacial score (nSPS) is 14.9. The van der Waals surface area contributed by atoms with Crippen molar-refractivity contribution in [1.29, 1.82) is 0 Å². The second kappa shape index (κ2) is 8.78. The molecule has 0 saturated carbocycles. The van der Waals surface area contributed by atoms with Gasteiger partial charge in [-0.05, 0) is 50.3 Å². The molecule has 1 aromatic carbocycles. The molecular weight excluding hydrogens is 386 g/mol. The summed E-state index contributed by atoms with van der Waals surface area (Å²) in [4.78, 5) is 25.0. The quantitative estimate of drug-likeness (QED) is 0.558. The molecule has 2 aromatic heterocycles. The number of anilines is 1. The number of para-hydroxylation sites is 1. The fourth-order valence-electron chi connectivity index (χ4n) is 3.73. The molecule has 3 heterocycles. The van der Waals surface area contributed by atoms with Crippen molar-refractivity contribution in [3.05, 3.63) is 47.1 Å². The SMILES string of the molecule is CCOC(=O)c1sc2ncnc(N3CCC(COc4ccccc4)CC3)c2c1C. The zero-order valence-electron chi connectivity index (χ0n) is 16.8. The van der Waals surface area contributed by atoms with Crippen LogP contribution in [-0.2, 0) is 4.74 Å². The van der Waals surface area contributed by atoms with Crippen molar-refractivity contribution in [2.24, 2.45) is 5.92 Å². The summed E-state index contributed by atoms with van der Waals surface area (Å²) < 4.78 is 11.1. The highest BCUT2D eigenvalue weighted by atomic mass is 32.1. The molecule has 7 heteroatoms. The number of piperidine rings is 1. The molecule has 29 heavy (non-hydrogen) atoms. The lowest BCUT2D eigenvalue weighted by Gasteiger charge is -2.33. The van der Waals surface area contributed by atoms with Crippen LogP contribution in [0.1, 0.15) is 35.0 Å². The van der Waals surface area contributed by atoms with Gasteiger partial charge in [-0.3, -0.25) is 0 Å². The minimum absolute atomic E-state index is 0.282. The van der Waals surface area contributed by atoms with Crippen molar-refractivity contribution < 1.29 is 14.3 Å². The molecule has 0 amide bonds. The first-order valence-electron chi connectivity index (χ1n) is 10.0. The fraction of sp³-hybridized carbons (Fsp3) is 0.409. The highest BCUT2D eigenvalue weighted by Gasteiger charge is 2.26. The number of nitrogens with zero attached hydrogens (tertiary/aromatic N) is 3. The molecule has 1 fully saturated rings. The van der Waals surface area contributed by atoms with E-state index < -0.39 is 0 Å². The second-order valence-electron chi connectivity index (χ2n) is 7.21. The van der Waals surface area contributed by atoms with Crippen LogP contribution in [0.4, 0.5) is 5.82 Å². The maximum atomic E-state index is 12.3. The number of esters is 1. The van der Waals surface area contributed by atoms with Crippen LogP contribution in [-0.4, -0.2) is 42.2 Å². The third-order valence-electron chi connectivity index (χ3n) is 5.31. The number of carbonyl (C=O) groups is 1. The number of hydrogen-bond acceptors (Lipinski definition) is 7. The molecule has 0 unspecified atom stereocenters. The summed E-state index contributed by atoms with van der Waals surface area (Å²) in [7, 11) is 0. The zero-order valence-corrected chi connectivity index (χ0v) is 17.6. The standard InChI is InChI=1S/C22H25N3O3S/c1-3-27-22(26)19-15(2)18-20(23-14-24-21(18)29-19)25-11-9-16(10-12-25)13-28-17-7-5-4-6-8-17/h4-8,14,16H,3,9-13H2,1-2H3. The average Bonchev–Trinajstić information content (AvgIpc) is 3.10. The van der Waals surface area contributed by atoms with Crippen molar-refractivity contribution in [2.75, 3.05) is 31.2 Å². The topological polar surface area (TPSA) is 64.5 Å². The minimum atomic E-state index is -0.282. The number of ether oxygens (including phenoxy) is 2. The maximum Gasteiger partial charge on any atom is 0.348 e. The molecular formula is C22H25N3O3S. The Bertz CT molecular complexity index is 982. The second-order valence-corrected chi connectivity index (χ2v) is 8.21. The predicted octanol–water partition coefficient (Wildman–Crippen LogP) is 4.47. The van der Waals surface area contributed by atoms with Crippen LogP contribution in [0.5, 0.6) is 5.75 Å². The molecule has 3 aromatic rings. The van der Waals surface area contributed by atoms with Crippen LogP contribution < -0.4 is 9.64 Å². The van der Waals surface area contributed by atoms with E-state index in [0.29, 0.717) is 17.4 Å². The van der Waals surface area contributed by atoms with Gasteiger partial charge in [-0.25, -0.2) is 14.8 Å². The van der Waals surface area contributed by atoms with E-state index >= 15 is 0 Å². The van der Waals surface area contributed by atoms with Gasteiger partial charge in [0.05, 0.1) is 18.6 Å². The summed E-state index contributed by atoms with van der Waals surface area (Å²) in [6.45, 7) is 6.71. The van der Waals surface area contributed by atoms with Crippen LogP contribution in [0.25, 0.3) is 10.2 Å². The number of rotatable bonds is 6. The van der Waals surface area contributed by atoms with Crippen LogP contribution in [0.3, 0.4) is 0 Å². The lowest BCUT2D eigenvalue weighted by Crippen LogP contribution is -2.36. The third kappa shape index (κ3) is 4.19. The molecule has 1 aliphatic rings. The summed E-state index contributed by atoms with van der Waals surface area (Å²) in [5, 5.41) is 0.972. The van der Waals surface area contributed by atoms with E-state index in [-0.39, 0.29) is 5.97 Å². The van der Waals surface area contributed by atoms with Gasteiger partial charge in [0.15, 0.2) is 0 Å². The number of fused-ring (bicyclic) bond motifs is 1. The van der Waals surface area contributed by atoms with E-state index in [4.69, 9.17) is 9.47 Å². The van der Waals surface area contributed by atoms with Gasteiger partial charge in [0.1, 0.15) is 27.6 Å². The fourth-order valence-corrected chi connectivity index (χ4v) is 4.76. The molecule has 0 aliphatic carbocycles. The first kappa shape index (κ1) is 19.6. The van der Waals surface area contributed by atoms with Crippen LogP contribution in [0, 0.1) is 12.8 Å². The largest absolute Gasteiger partial charge is 0.493 e. The number of carbonyl (C=O) groups excluding carboxylic acids is 1. The number of aromatic nitrogens is 2. The Morgan fingerprint density at radius 1 is 1.21 bits per heavy atom. The average molecular weight is 412 g/mol. The molecule has 0 spiro atoms. The summed E-state index contributed by atoms with van der Waals surface area (Å²) in [5.74, 6) is 2.09. The molecule has 6 nitrogen and oxygen atoms in total. The number of thiophene rings is 1. The lowest BCUT2D eigenvalue weighted by atomic mass is 9.97. The highest BCUT2D eigenvalue weighted by molar-refractivity contribution is 7.20. The number of benzene rings is 1. The smallest absolute Gasteiger partial charge is 0.348 e. The highest BCUT2D eigenvalue weighted by Crippen LogP contribution is 2.36. The number of hydrogen-bond donors (Lipinski definition) is 0. The van der Waals surface area contributed by atoms with Gasteiger partial charge < -0.3 is 14.4 Å². The minimum Gasteiger partial charge on any atom is -0.493 e. The van der Waals surface area contributed by atoms with Crippen molar-refractivity contribution >= 4 is 33.3 Å². The Morgan fingerprint density at radius 2 is 1.97 bits per heavy atom. The lowest BCUT2D eigenvalue weighted by molar-refractivity contribution is 0.0531. The van der Waals surface area contributed by atoms with E-state index in [1.54, 1.807) is 6.33 Å². The van der Waals surface area contributed by atoms with Gasteiger partial charge in [0.25, 0.3) is 0 Å². The summed E-state index contributed by atoms with van der Waals surface area (Å²) >= 11 is 1.38. The van der Waals surface area contributed by atoms with Gasteiger partial charge in [-0.2, -0.15) is 0 Å². The van der Waals surface area contributed by atoms with Crippen molar-refractivity contribution in [3.8, 4) is 5.75 Å². The van der Waals surface area contributed by atoms with E-state index in [9.17, 15) is 4.79 Å². The van der Waals surface area contributed by atoms with Crippen LogP contribution >= 0.6 is 11.3 Å². The van der Waals surface area contributed by atoms with Gasteiger partial charge in [-0.1, -0.05) is 18.2 Å². The van der Waals surface area contributed by atoms with Crippen molar-refractivity contribution in [3.63, 3.8) is 0 Å². The van der Waals surface area contributed by atoms with Crippen molar-refractivity contribution in [2.45, 2.75) is 26.7 Å². The van der Waals surface area contributed by atoms with Gasteiger partial charge >= 0.3 is 5.97 Å². The molecule has 0 N–H and O–H groups in total. The van der Waals surface area contributed by atoms with E-state index in [2.05, 4.69) is 14.9 Å². The van der Waals surface area contributed by atoms with Crippen molar-refractivity contribution in [1.82, 2.24) is 9.97 Å². The summed E-state index contributed by atoms with van der Waals surface area (Å²) in [5.41, 5.74) is 0.911. The third-order valence-corrected chi connectivity index (χ3v) is 6.49. The maximum absolute atomic E-state index is 12.3. The molecule has 1 aliphatic heterocycles. The monoisotopic (exact) mass is 411 g/mol. The Hall–Kier alpha value is -2.67. The zero-order chi connectivity index (χ0) is 20.2. The number of aryl methyl sites for hydroxylation is 1.